The Balaban J connectivity index is 2.14. The van der Waals surface area contributed by atoms with Crippen molar-refractivity contribution in [1.29, 1.82) is 5.26 Å². The standard InChI is InChI=1S/C15H8F3N5/c16-15(17,18)11-5-2-6-20-13(11)9-3-1-4-10(7-9)14-12(8-19)21-23-22-14/h1-7H,(H,21,22,23). The van der Waals surface area contributed by atoms with Crippen LogP contribution in [0.2, 0.25) is 0 Å². The van der Waals surface area contributed by atoms with Crippen LogP contribution in [0.5, 0.6) is 0 Å². The quantitative estimate of drug-likeness (QED) is 0.786. The molecule has 0 atom stereocenters. The maximum atomic E-state index is 13.1. The molecule has 3 aromatic rings. The van der Waals surface area contributed by atoms with Crippen molar-refractivity contribution in [2.75, 3.05) is 0 Å². The summed E-state index contributed by atoms with van der Waals surface area (Å²) in [7, 11) is 0. The molecular weight excluding hydrogens is 307 g/mol. The molecule has 1 N–H and O–H groups in total. The summed E-state index contributed by atoms with van der Waals surface area (Å²) in [5, 5.41) is 18.7. The second-order valence-corrected chi connectivity index (χ2v) is 4.63. The van der Waals surface area contributed by atoms with Gasteiger partial charge in [-0.1, -0.05) is 23.4 Å². The molecule has 0 unspecified atom stereocenters. The molecule has 0 bridgehead atoms. The van der Waals surface area contributed by atoms with Gasteiger partial charge in [0, 0.05) is 17.3 Å². The predicted molar refractivity (Wildman–Crippen MR) is 74.8 cm³/mol. The van der Waals surface area contributed by atoms with Gasteiger partial charge >= 0.3 is 6.18 Å². The van der Waals surface area contributed by atoms with E-state index in [-0.39, 0.29) is 22.6 Å². The summed E-state index contributed by atoms with van der Waals surface area (Å²) in [6, 6.07) is 10.3. The molecule has 0 fully saturated rings. The molecule has 1 aromatic carbocycles. The Morgan fingerprint density at radius 1 is 1.04 bits per heavy atom. The molecule has 114 valence electrons. The zero-order valence-corrected chi connectivity index (χ0v) is 11.5. The van der Waals surface area contributed by atoms with Gasteiger partial charge in [-0.2, -0.15) is 18.4 Å². The van der Waals surface area contributed by atoms with Crippen molar-refractivity contribution < 1.29 is 13.2 Å². The van der Waals surface area contributed by atoms with Crippen LogP contribution in [0.3, 0.4) is 0 Å². The van der Waals surface area contributed by atoms with Crippen molar-refractivity contribution in [2.45, 2.75) is 6.18 Å². The summed E-state index contributed by atoms with van der Waals surface area (Å²) < 4.78 is 39.3. The molecule has 0 saturated heterocycles. The third kappa shape index (κ3) is 2.76. The number of halogens is 3. The molecule has 3 rings (SSSR count). The maximum Gasteiger partial charge on any atom is 0.418 e. The van der Waals surface area contributed by atoms with Gasteiger partial charge in [0.15, 0.2) is 5.69 Å². The topological polar surface area (TPSA) is 78.2 Å². The van der Waals surface area contributed by atoms with Crippen LogP contribution >= 0.6 is 0 Å². The van der Waals surface area contributed by atoms with Gasteiger partial charge < -0.3 is 0 Å². The third-order valence-corrected chi connectivity index (χ3v) is 3.18. The number of pyridine rings is 1. The van der Waals surface area contributed by atoms with E-state index in [1.807, 2.05) is 6.07 Å². The summed E-state index contributed by atoms with van der Waals surface area (Å²) in [4.78, 5) is 3.85. The van der Waals surface area contributed by atoms with Crippen LogP contribution < -0.4 is 0 Å². The monoisotopic (exact) mass is 315 g/mol. The van der Waals surface area contributed by atoms with Crippen LogP contribution in [0.25, 0.3) is 22.5 Å². The highest BCUT2D eigenvalue weighted by Gasteiger charge is 2.34. The smallest absolute Gasteiger partial charge is 0.256 e. The third-order valence-electron chi connectivity index (χ3n) is 3.18. The lowest BCUT2D eigenvalue weighted by Gasteiger charge is -2.12. The Labute approximate surface area is 128 Å². The average molecular weight is 315 g/mol. The lowest BCUT2D eigenvalue weighted by molar-refractivity contribution is -0.137. The van der Waals surface area contributed by atoms with E-state index >= 15 is 0 Å². The van der Waals surface area contributed by atoms with E-state index in [1.165, 1.54) is 24.4 Å². The molecule has 2 aromatic heterocycles. The van der Waals surface area contributed by atoms with Crippen LogP contribution in [0, 0.1) is 11.3 Å². The molecule has 0 aliphatic rings. The van der Waals surface area contributed by atoms with Gasteiger partial charge in [-0.3, -0.25) is 4.98 Å². The zero-order valence-electron chi connectivity index (χ0n) is 11.5. The largest absolute Gasteiger partial charge is 0.418 e. The molecule has 0 spiro atoms. The van der Waals surface area contributed by atoms with Gasteiger partial charge in [-0.05, 0) is 18.2 Å². The Morgan fingerprint density at radius 2 is 1.78 bits per heavy atom. The summed E-state index contributed by atoms with van der Waals surface area (Å²) in [6.45, 7) is 0. The maximum absolute atomic E-state index is 13.1. The predicted octanol–water partition coefficient (Wildman–Crippen LogP) is 3.42. The van der Waals surface area contributed by atoms with Crippen molar-refractivity contribution in [1.82, 2.24) is 20.4 Å². The van der Waals surface area contributed by atoms with Crippen LogP contribution in [-0.2, 0) is 6.18 Å². The number of hydrogen-bond donors (Lipinski definition) is 1. The summed E-state index contributed by atoms with van der Waals surface area (Å²) >= 11 is 0. The Hall–Kier alpha value is -3.21. The number of nitrogens with one attached hydrogen (secondary N) is 1. The highest BCUT2D eigenvalue weighted by molar-refractivity contribution is 5.73. The fourth-order valence-electron chi connectivity index (χ4n) is 2.19. The second kappa shape index (κ2) is 5.53. The fourth-order valence-corrected chi connectivity index (χ4v) is 2.19. The number of rotatable bonds is 2. The first-order valence-corrected chi connectivity index (χ1v) is 6.45. The molecular formula is C15H8F3N5. The number of aromatic nitrogens is 4. The van der Waals surface area contributed by atoms with E-state index in [9.17, 15) is 13.2 Å². The molecule has 0 radical (unpaired) electrons. The van der Waals surface area contributed by atoms with Crippen LogP contribution in [0.15, 0.2) is 42.6 Å². The summed E-state index contributed by atoms with van der Waals surface area (Å²) in [6.07, 6.45) is -3.21. The summed E-state index contributed by atoms with van der Waals surface area (Å²) in [5.74, 6) is 0. The Bertz CT molecular complexity index is 892. The molecule has 0 amide bonds. The van der Waals surface area contributed by atoms with Crippen molar-refractivity contribution >= 4 is 0 Å². The number of alkyl halides is 3. The SMILES string of the molecule is N#Cc1[nH]nnc1-c1cccc(-c2ncccc2C(F)(F)F)c1. The van der Waals surface area contributed by atoms with Crippen molar-refractivity contribution in [3.63, 3.8) is 0 Å². The highest BCUT2D eigenvalue weighted by Crippen LogP contribution is 2.36. The normalized spacial score (nSPS) is 11.2. The minimum absolute atomic E-state index is 0.138. The van der Waals surface area contributed by atoms with Gasteiger partial charge in [0.05, 0.1) is 11.3 Å². The van der Waals surface area contributed by atoms with Gasteiger partial charge in [0.25, 0.3) is 0 Å². The van der Waals surface area contributed by atoms with E-state index in [1.54, 1.807) is 12.1 Å². The number of nitrogens with zero attached hydrogens (tertiary/aromatic N) is 4. The first-order valence-electron chi connectivity index (χ1n) is 6.45. The first-order chi connectivity index (χ1) is 11.0. The molecule has 0 aliphatic carbocycles. The number of aromatic amines is 1. The van der Waals surface area contributed by atoms with Crippen LogP contribution in [-0.4, -0.2) is 20.4 Å². The second-order valence-electron chi connectivity index (χ2n) is 4.63. The fraction of sp³-hybridized carbons (Fsp3) is 0.0667. The molecule has 0 saturated carbocycles. The van der Waals surface area contributed by atoms with E-state index < -0.39 is 11.7 Å². The average Bonchev–Trinajstić information content (AvgIpc) is 3.03. The minimum atomic E-state index is -4.51. The first kappa shape index (κ1) is 14.7. The zero-order chi connectivity index (χ0) is 16.4. The van der Waals surface area contributed by atoms with E-state index in [4.69, 9.17) is 5.26 Å². The van der Waals surface area contributed by atoms with Gasteiger partial charge in [-0.25, -0.2) is 5.10 Å². The number of hydrogen-bond acceptors (Lipinski definition) is 4. The van der Waals surface area contributed by atoms with Gasteiger partial charge in [-0.15, -0.1) is 5.10 Å². The van der Waals surface area contributed by atoms with E-state index in [0.717, 1.165) is 6.07 Å². The Kier molecular flexibility index (Phi) is 3.54. The summed E-state index contributed by atoms with van der Waals surface area (Å²) in [5.41, 5.74) is 0.175. The molecule has 0 aliphatic heterocycles. The van der Waals surface area contributed by atoms with Crippen molar-refractivity contribution in [3.05, 3.63) is 53.9 Å². The van der Waals surface area contributed by atoms with E-state index in [2.05, 4.69) is 20.4 Å². The van der Waals surface area contributed by atoms with Gasteiger partial charge in [0.2, 0.25) is 0 Å². The lowest BCUT2D eigenvalue weighted by Crippen LogP contribution is -2.08. The molecule has 2 heterocycles. The van der Waals surface area contributed by atoms with Crippen molar-refractivity contribution in [2.24, 2.45) is 0 Å². The van der Waals surface area contributed by atoms with Crippen molar-refractivity contribution in [3.8, 4) is 28.6 Å². The van der Waals surface area contributed by atoms with Crippen LogP contribution in [0.4, 0.5) is 13.2 Å². The highest BCUT2D eigenvalue weighted by atomic mass is 19.4. The molecule has 8 heteroatoms. The number of H-pyrrole nitrogens is 1. The minimum Gasteiger partial charge on any atom is -0.256 e. The lowest BCUT2D eigenvalue weighted by atomic mass is 10.0. The number of nitriles is 1. The van der Waals surface area contributed by atoms with Crippen LogP contribution in [0.1, 0.15) is 11.3 Å². The Morgan fingerprint density at radius 3 is 2.48 bits per heavy atom. The molecule has 23 heavy (non-hydrogen) atoms. The van der Waals surface area contributed by atoms with Gasteiger partial charge in [0.1, 0.15) is 11.8 Å². The van der Waals surface area contributed by atoms with E-state index in [0.29, 0.717) is 5.56 Å². The molecule has 5 nitrogen and oxygen atoms in total. The number of benzene rings is 1.